The lowest BCUT2D eigenvalue weighted by molar-refractivity contribution is -0.121. The zero-order valence-electron chi connectivity index (χ0n) is 14.6. The van der Waals surface area contributed by atoms with Crippen LogP contribution in [0.2, 0.25) is 0 Å². The van der Waals surface area contributed by atoms with Crippen LogP contribution in [0.25, 0.3) is 0 Å². The summed E-state index contributed by atoms with van der Waals surface area (Å²) < 4.78 is 0. The number of ketones is 1. The number of nitrogens with one attached hydrogen (secondary N) is 1. The Balaban J connectivity index is 1.80. The number of amides is 1. The van der Waals surface area contributed by atoms with Gasteiger partial charge in [0, 0.05) is 19.0 Å². The summed E-state index contributed by atoms with van der Waals surface area (Å²) in [6.07, 6.45) is 4.30. The van der Waals surface area contributed by atoms with E-state index < -0.39 is 6.61 Å². The van der Waals surface area contributed by atoms with Gasteiger partial charge in [-0.2, -0.15) is 0 Å². The standard InChI is InChI=1S/C21H25NO3/c1-16(24)22-21-9-5-4-8-19(21)7-3-2-6-17-10-12-18(13-11-17)14-20(25)15-23/h4-5,8-13,23H,2-3,6-7,14-15H2,1H3,(H,22,24). The first-order chi connectivity index (χ1) is 12.1. The summed E-state index contributed by atoms with van der Waals surface area (Å²) in [5.74, 6) is -0.210. The van der Waals surface area contributed by atoms with Crippen molar-refractivity contribution in [1.29, 1.82) is 0 Å². The third-order valence-electron chi connectivity index (χ3n) is 4.09. The fraction of sp³-hybridized carbons (Fsp3) is 0.333. The van der Waals surface area contributed by atoms with Crippen molar-refractivity contribution in [3.05, 3.63) is 65.2 Å². The van der Waals surface area contributed by atoms with Gasteiger partial charge in [0.1, 0.15) is 6.61 Å². The second-order valence-corrected chi connectivity index (χ2v) is 6.24. The maximum absolute atomic E-state index is 11.2. The van der Waals surface area contributed by atoms with Crippen LogP contribution in [0.1, 0.15) is 36.5 Å². The molecule has 0 aliphatic rings. The van der Waals surface area contributed by atoms with Crippen LogP contribution in [0.4, 0.5) is 5.69 Å². The van der Waals surface area contributed by atoms with E-state index >= 15 is 0 Å². The fourth-order valence-electron chi connectivity index (χ4n) is 2.80. The van der Waals surface area contributed by atoms with E-state index in [9.17, 15) is 9.59 Å². The molecule has 0 fully saturated rings. The summed E-state index contributed by atoms with van der Waals surface area (Å²) in [6, 6.07) is 15.9. The van der Waals surface area contributed by atoms with Gasteiger partial charge < -0.3 is 10.4 Å². The number of Topliss-reactive ketones (excluding diaryl/α,β-unsaturated/α-hetero) is 1. The SMILES string of the molecule is CC(=O)Nc1ccccc1CCCCc1ccc(CC(=O)CO)cc1. The van der Waals surface area contributed by atoms with Crippen LogP contribution in [-0.2, 0) is 28.9 Å². The van der Waals surface area contributed by atoms with Gasteiger partial charge in [-0.15, -0.1) is 0 Å². The van der Waals surface area contributed by atoms with Gasteiger partial charge in [0.2, 0.25) is 5.91 Å². The number of para-hydroxylation sites is 1. The predicted molar refractivity (Wildman–Crippen MR) is 99.6 cm³/mol. The molecule has 2 aromatic rings. The van der Waals surface area contributed by atoms with Crippen LogP contribution >= 0.6 is 0 Å². The summed E-state index contributed by atoms with van der Waals surface area (Å²) >= 11 is 0. The number of rotatable bonds is 9. The van der Waals surface area contributed by atoms with Gasteiger partial charge in [-0.3, -0.25) is 9.59 Å². The Morgan fingerprint density at radius 2 is 1.56 bits per heavy atom. The molecule has 0 saturated heterocycles. The molecule has 2 aromatic carbocycles. The first-order valence-electron chi connectivity index (χ1n) is 8.64. The third kappa shape index (κ3) is 6.51. The number of unbranched alkanes of at least 4 members (excludes halogenated alkanes) is 1. The Morgan fingerprint density at radius 3 is 2.24 bits per heavy atom. The van der Waals surface area contributed by atoms with E-state index in [4.69, 9.17) is 5.11 Å². The zero-order valence-corrected chi connectivity index (χ0v) is 14.6. The molecule has 0 aromatic heterocycles. The monoisotopic (exact) mass is 339 g/mol. The summed E-state index contributed by atoms with van der Waals surface area (Å²) in [6.45, 7) is 1.12. The van der Waals surface area contributed by atoms with Crippen molar-refractivity contribution in [1.82, 2.24) is 0 Å². The Hall–Kier alpha value is -2.46. The van der Waals surface area contributed by atoms with Crippen LogP contribution in [0.3, 0.4) is 0 Å². The fourth-order valence-corrected chi connectivity index (χ4v) is 2.80. The Morgan fingerprint density at radius 1 is 0.920 bits per heavy atom. The quantitative estimate of drug-likeness (QED) is 0.689. The summed E-state index contributed by atoms with van der Waals surface area (Å²) in [5.41, 5.74) is 4.24. The van der Waals surface area contributed by atoms with E-state index in [1.807, 2.05) is 42.5 Å². The highest BCUT2D eigenvalue weighted by molar-refractivity contribution is 5.89. The Bertz CT molecular complexity index is 707. The van der Waals surface area contributed by atoms with Crippen LogP contribution < -0.4 is 5.32 Å². The average molecular weight is 339 g/mol. The minimum absolute atomic E-state index is 0.0489. The summed E-state index contributed by atoms with van der Waals surface area (Å²) in [7, 11) is 0. The van der Waals surface area contributed by atoms with Gasteiger partial charge in [0.15, 0.2) is 5.78 Å². The van der Waals surface area contributed by atoms with Crippen molar-refractivity contribution in [2.24, 2.45) is 0 Å². The van der Waals surface area contributed by atoms with E-state index in [0.29, 0.717) is 0 Å². The predicted octanol–water partition coefficient (Wildman–Crippen LogP) is 3.31. The van der Waals surface area contributed by atoms with Crippen molar-refractivity contribution in [3.63, 3.8) is 0 Å². The van der Waals surface area contributed by atoms with E-state index in [2.05, 4.69) is 11.4 Å². The number of aliphatic hydroxyl groups is 1. The lowest BCUT2D eigenvalue weighted by atomic mass is 10.0. The molecule has 0 radical (unpaired) electrons. The molecule has 0 aliphatic carbocycles. The largest absolute Gasteiger partial charge is 0.389 e. The summed E-state index contributed by atoms with van der Waals surface area (Å²) in [5, 5.41) is 11.7. The van der Waals surface area contributed by atoms with Crippen molar-refractivity contribution in [3.8, 4) is 0 Å². The van der Waals surface area contributed by atoms with Gasteiger partial charge in [0.05, 0.1) is 0 Å². The topological polar surface area (TPSA) is 66.4 Å². The number of benzene rings is 2. The van der Waals surface area contributed by atoms with E-state index in [-0.39, 0.29) is 18.1 Å². The summed E-state index contributed by atoms with van der Waals surface area (Å²) in [4.78, 5) is 22.5. The molecule has 25 heavy (non-hydrogen) atoms. The maximum Gasteiger partial charge on any atom is 0.221 e. The molecule has 4 nitrogen and oxygen atoms in total. The highest BCUT2D eigenvalue weighted by Crippen LogP contribution is 2.18. The number of aliphatic hydroxyl groups excluding tert-OH is 1. The van der Waals surface area contributed by atoms with Gasteiger partial charge in [0.25, 0.3) is 0 Å². The van der Waals surface area contributed by atoms with Gasteiger partial charge in [-0.1, -0.05) is 42.5 Å². The van der Waals surface area contributed by atoms with Gasteiger partial charge >= 0.3 is 0 Å². The second kappa shape index (κ2) is 9.74. The molecular weight excluding hydrogens is 314 g/mol. The molecule has 0 saturated carbocycles. The number of carbonyl (C=O) groups excluding carboxylic acids is 2. The van der Waals surface area contributed by atoms with Crippen molar-refractivity contribution < 1.29 is 14.7 Å². The maximum atomic E-state index is 11.2. The molecule has 0 spiro atoms. The number of hydrogen-bond donors (Lipinski definition) is 2. The van der Waals surface area contributed by atoms with Crippen LogP contribution in [0.15, 0.2) is 48.5 Å². The Labute approximate surface area is 148 Å². The van der Waals surface area contributed by atoms with Gasteiger partial charge in [-0.05, 0) is 48.4 Å². The average Bonchev–Trinajstić information content (AvgIpc) is 2.61. The normalized spacial score (nSPS) is 10.5. The van der Waals surface area contributed by atoms with Crippen molar-refractivity contribution in [2.45, 2.75) is 39.0 Å². The van der Waals surface area contributed by atoms with Crippen LogP contribution in [-0.4, -0.2) is 23.4 Å². The van der Waals surface area contributed by atoms with Crippen molar-refractivity contribution >= 4 is 17.4 Å². The molecule has 0 atom stereocenters. The molecule has 2 rings (SSSR count). The number of anilines is 1. The first-order valence-corrected chi connectivity index (χ1v) is 8.64. The molecule has 1 amide bonds. The van der Waals surface area contributed by atoms with Crippen LogP contribution in [0, 0.1) is 0 Å². The molecule has 132 valence electrons. The third-order valence-corrected chi connectivity index (χ3v) is 4.09. The lowest BCUT2D eigenvalue weighted by Gasteiger charge is -2.09. The molecule has 0 unspecified atom stereocenters. The first kappa shape index (κ1) is 18.9. The number of hydrogen-bond acceptors (Lipinski definition) is 3. The Kier molecular flexibility index (Phi) is 7.36. The van der Waals surface area contributed by atoms with Gasteiger partial charge in [-0.25, -0.2) is 0 Å². The molecule has 2 N–H and O–H groups in total. The smallest absolute Gasteiger partial charge is 0.221 e. The minimum Gasteiger partial charge on any atom is -0.389 e. The van der Waals surface area contributed by atoms with E-state index in [1.165, 1.54) is 12.5 Å². The molecule has 4 heteroatoms. The molecule has 0 heterocycles. The highest BCUT2D eigenvalue weighted by Gasteiger charge is 2.04. The lowest BCUT2D eigenvalue weighted by Crippen LogP contribution is -2.08. The van der Waals surface area contributed by atoms with E-state index in [0.717, 1.165) is 42.5 Å². The highest BCUT2D eigenvalue weighted by atomic mass is 16.3. The molecular formula is C21H25NO3. The molecule has 0 aliphatic heterocycles. The van der Waals surface area contributed by atoms with E-state index in [1.54, 1.807) is 0 Å². The number of aryl methyl sites for hydroxylation is 2. The minimum atomic E-state index is -0.401. The zero-order chi connectivity index (χ0) is 18.1. The van der Waals surface area contributed by atoms with Crippen molar-refractivity contribution in [2.75, 3.05) is 11.9 Å². The second-order valence-electron chi connectivity index (χ2n) is 6.24. The molecule has 0 bridgehead atoms. The number of carbonyl (C=O) groups is 2. The van der Waals surface area contributed by atoms with Crippen LogP contribution in [0.5, 0.6) is 0 Å².